The second-order valence-corrected chi connectivity index (χ2v) is 3.93. The van der Waals surface area contributed by atoms with Gasteiger partial charge in [0.2, 0.25) is 0 Å². The third kappa shape index (κ3) is 3.96. The first-order chi connectivity index (χ1) is 7.25. The van der Waals surface area contributed by atoms with Crippen molar-refractivity contribution < 1.29 is 5.11 Å². The molecule has 1 aliphatic heterocycles. The fraction of sp³-hybridized carbons (Fsp3) is 0.667. The highest BCUT2D eigenvalue weighted by atomic mass is 16.3. The maximum absolute atomic E-state index is 9.47. The van der Waals surface area contributed by atoms with E-state index in [-0.39, 0.29) is 6.17 Å². The monoisotopic (exact) mass is 210 g/mol. The molecule has 1 rings (SSSR count). The average Bonchev–Trinajstić information content (AvgIpc) is 2.66. The Morgan fingerprint density at radius 1 is 1.53 bits per heavy atom. The quantitative estimate of drug-likeness (QED) is 0.521. The highest BCUT2D eigenvalue weighted by molar-refractivity contribution is 4.98. The van der Waals surface area contributed by atoms with Crippen LogP contribution in [0.1, 0.15) is 39.5 Å². The Morgan fingerprint density at radius 3 is 3.00 bits per heavy atom. The number of aliphatic hydroxyl groups excluding tert-OH is 1. The van der Waals surface area contributed by atoms with E-state index < -0.39 is 6.23 Å². The first kappa shape index (κ1) is 12.1. The molecule has 0 aromatic carbocycles. The molecule has 0 saturated carbocycles. The maximum Gasteiger partial charge on any atom is 0.125 e. The van der Waals surface area contributed by atoms with Crippen LogP contribution in [0, 0.1) is 0 Å². The summed E-state index contributed by atoms with van der Waals surface area (Å²) in [4.78, 5) is 1.92. The van der Waals surface area contributed by atoms with Crippen LogP contribution in [0.5, 0.6) is 0 Å². The molecule has 0 radical (unpaired) electrons. The van der Waals surface area contributed by atoms with Crippen molar-refractivity contribution in [3.05, 3.63) is 24.6 Å². The Hall–Kier alpha value is -0.960. The molecule has 2 N–H and O–H groups in total. The van der Waals surface area contributed by atoms with Crippen molar-refractivity contribution in [2.45, 2.75) is 51.9 Å². The van der Waals surface area contributed by atoms with E-state index in [0.717, 1.165) is 12.8 Å². The molecule has 3 nitrogen and oxygen atoms in total. The molecule has 2 atom stereocenters. The fourth-order valence-corrected chi connectivity index (χ4v) is 1.67. The second kappa shape index (κ2) is 6.51. The van der Waals surface area contributed by atoms with E-state index in [0.29, 0.717) is 0 Å². The first-order valence-electron chi connectivity index (χ1n) is 5.79. The van der Waals surface area contributed by atoms with E-state index in [1.807, 2.05) is 17.3 Å². The molecule has 0 spiro atoms. The van der Waals surface area contributed by atoms with Gasteiger partial charge < -0.3 is 15.3 Å². The lowest BCUT2D eigenvalue weighted by atomic mass is 10.2. The summed E-state index contributed by atoms with van der Waals surface area (Å²) in [6.45, 7) is 3.98. The summed E-state index contributed by atoms with van der Waals surface area (Å²) in [5.74, 6) is 0. The normalized spacial score (nSPS) is 22.3. The molecule has 86 valence electrons. The Labute approximate surface area is 92.5 Å². The largest absolute Gasteiger partial charge is 0.374 e. The molecule has 1 heterocycles. The van der Waals surface area contributed by atoms with Crippen molar-refractivity contribution in [1.29, 1.82) is 0 Å². The Balaban J connectivity index is 2.24. The van der Waals surface area contributed by atoms with Gasteiger partial charge in [-0.3, -0.25) is 0 Å². The number of allylic oxidation sites excluding steroid dienone is 1. The van der Waals surface area contributed by atoms with Crippen LogP contribution in [0.25, 0.3) is 0 Å². The van der Waals surface area contributed by atoms with E-state index in [2.05, 4.69) is 24.4 Å². The van der Waals surface area contributed by atoms with Crippen molar-refractivity contribution >= 4 is 0 Å². The molecule has 0 aromatic heterocycles. The molecule has 0 fully saturated rings. The van der Waals surface area contributed by atoms with E-state index >= 15 is 0 Å². The van der Waals surface area contributed by atoms with Crippen LogP contribution in [0.3, 0.4) is 0 Å². The highest BCUT2D eigenvalue weighted by Gasteiger charge is 2.19. The van der Waals surface area contributed by atoms with Gasteiger partial charge in [-0.2, -0.15) is 0 Å². The number of rotatable bonds is 6. The van der Waals surface area contributed by atoms with Gasteiger partial charge in [-0.15, -0.1) is 0 Å². The first-order valence-corrected chi connectivity index (χ1v) is 5.79. The van der Waals surface area contributed by atoms with Crippen LogP contribution < -0.4 is 5.32 Å². The molecule has 0 bridgehead atoms. The van der Waals surface area contributed by atoms with E-state index in [9.17, 15) is 5.11 Å². The van der Waals surface area contributed by atoms with Gasteiger partial charge in [0.15, 0.2) is 0 Å². The summed E-state index contributed by atoms with van der Waals surface area (Å²) in [5, 5.41) is 12.7. The van der Waals surface area contributed by atoms with Gasteiger partial charge in [-0.05, 0) is 13.3 Å². The molecule has 2 unspecified atom stereocenters. The van der Waals surface area contributed by atoms with Gasteiger partial charge >= 0.3 is 0 Å². The predicted molar refractivity (Wildman–Crippen MR) is 62.9 cm³/mol. The molecule has 0 aliphatic carbocycles. The summed E-state index contributed by atoms with van der Waals surface area (Å²) in [6, 6.07) is 0. The lowest BCUT2D eigenvalue weighted by molar-refractivity contribution is 0.0293. The van der Waals surface area contributed by atoms with Crippen LogP contribution in [0.2, 0.25) is 0 Å². The van der Waals surface area contributed by atoms with Crippen molar-refractivity contribution in [2.75, 3.05) is 0 Å². The van der Waals surface area contributed by atoms with Gasteiger partial charge in [-0.1, -0.05) is 31.9 Å². The molecule has 0 amide bonds. The predicted octanol–water partition coefficient (Wildman–Crippen LogP) is 2.16. The topological polar surface area (TPSA) is 35.5 Å². The van der Waals surface area contributed by atoms with Crippen molar-refractivity contribution in [2.24, 2.45) is 0 Å². The molecule has 15 heavy (non-hydrogen) atoms. The number of nitrogens with zero attached hydrogens (tertiary/aromatic N) is 1. The zero-order chi connectivity index (χ0) is 11.1. The number of hydrogen-bond acceptors (Lipinski definition) is 3. The van der Waals surface area contributed by atoms with E-state index in [4.69, 9.17) is 0 Å². The maximum atomic E-state index is 9.47. The summed E-state index contributed by atoms with van der Waals surface area (Å²) >= 11 is 0. The summed E-state index contributed by atoms with van der Waals surface area (Å²) in [6.07, 6.45) is 12.6. The van der Waals surface area contributed by atoms with Gasteiger partial charge in [0.05, 0.1) is 0 Å². The molecule has 0 aromatic rings. The van der Waals surface area contributed by atoms with Gasteiger partial charge in [0.25, 0.3) is 0 Å². The fourth-order valence-electron chi connectivity index (χ4n) is 1.67. The van der Waals surface area contributed by atoms with Crippen molar-refractivity contribution in [1.82, 2.24) is 10.2 Å². The smallest absolute Gasteiger partial charge is 0.125 e. The lowest BCUT2D eigenvalue weighted by Gasteiger charge is -2.27. The van der Waals surface area contributed by atoms with Crippen LogP contribution in [-0.4, -0.2) is 22.4 Å². The molecule has 3 heteroatoms. The minimum absolute atomic E-state index is 0.211. The number of hydrogen-bond donors (Lipinski definition) is 2. The van der Waals surface area contributed by atoms with E-state index in [1.54, 1.807) is 6.92 Å². The summed E-state index contributed by atoms with van der Waals surface area (Å²) in [5.41, 5.74) is 0. The van der Waals surface area contributed by atoms with Crippen LogP contribution in [0.15, 0.2) is 24.6 Å². The second-order valence-electron chi connectivity index (χ2n) is 3.93. The van der Waals surface area contributed by atoms with Gasteiger partial charge in [0.1, 0.15) is 12.4 Å². The van der Waals surface area contributed by atoms with Gasteiger partial charge in [-0.25, -0.2) is 0 Å². The molecule has 1 aliphatic rings. The SMILES string of the molecule is CCCC/C=C/CC1NC=CN1C(C)O. The number of nitrogens with one attached hydrogen (secondary N) is 1. The number of unbranched alkanes of at least 4 members (excludes halogenated alkanes) is 2. The Kier molecular flexibility index (Phi) is 5.26. The molecular weight excluding hydrogens is 188 g/mol. The molecular formula is C12H22N2O. The van der Waals surface area contributed by atoms with Crippen molar-refractivity contribution in [3.8, 4) is 0 Å². The van der Waals surface area contributed by atoms with E-state index in [1.165, 1.54) is 12.8 Å². The Morgan fingerprint density at radius 2 is 2.33 bits per heavy atom. The van der Waals surface area contributed by atoms with Crippen LogP contribution in [-0.2, 0) is 0 Å². The number of aliphatic hydroxyl groups is 1. The third-order valence-electron chi connectivity index (χ3n) is 2.58. The van der Waals surface area contributed by atoms with Crippen molar-refractivity contribution in [3.63, 3.8) is 0 Å². The average molecular weight is 210 g/mol. The van der Waals surface area contributed by atoms with Crippen LogP contribution >= 0.6 is 0 Å². The Bertz CT molecular complexity index is 224. The van der Waals surface area contributed by atoms with Gasteiger partial charge in [0, 0.05) is 18.8 Å². The zero-order valence-electron chi connectivity index (χ0n) is 9.69. The zero-order valence-corrected chi connectivity index (χ0v) is 9.69. The molecule has 0 saturated heterocycles. The summed E-state index contributed by atoms with van der Waals surface area (Å²) < 4.78 is 0. The minimum Gasteiger partial charge on any atom is -0.374 e. The lowest BCUT2D eigenvalue weighted by Crippen LogP contribution is -2.40. The summed E-state index contributed by atoms with van der Waals surface area (Å²) in [7, 11) is 0. The third-order valence-corrected chi connectivity index (χ3v) is 2.58. The highest BCUT2D eigenvalue weighted by Crippen LogP contribution is 2.12. The minimum atomic E-state index is -0.426. The standard InChI is InChI=1S/C12H22N2O/c1-3-4-5-6-7-8-12-13-9-10-14(12)11(2)15/h6-7,9-13,15H,3-5,8H2,1-2H3/b7-6+. The van der Waals surface area contributed by atoms with Crippen LogP contribution in [0.4, 0.5) is 0 Å².